The number of hydrogen-bond donors (Lipinski definition) is 0. The molecular weight excluding hydrogens is 250 g/mol. The highest BCUT2D eigenvalue weighted by Crippen LogP contribution is 2.18. The summed E-state index contributed by atoms with van der Waals surface area (Å²) in [5.74, 6) is 0.444. The van der Waals surface area contributed by atoms with Crippen LogP contribution in [0.3, 0.4) is 0 Å². The molecule has 19 heavy (non-hydrogen) atoms. The molecule has 8 heteroatoms. The molecule has 0 saturated heterocycles. The van der Waals surface area contributed by atoms with Crippen molar-refractivity contribution in [3.8, 4) is 0 Å². The number of nitrogens with zero attached hydrogens (tertiary/aromatic N) is 5. The van der Waals surface area contributed by atoms with Crippen molar-refractivity contribution in [2.75, 3.05) is 7.11 Å². The van der Waals surface area contributed by atoms with Gasteiger partial charge in [-0.2, -0.15) is 4.98 Å². The Morgan fingerprint density at radius 2 is 2.21 bits per heavy atom. The summed E-state index contributed by atoms with van der Waals surface area (Å²) in [7, 11) is 1.27. The van der Waals surface area contributed by atoms with Gasteiger partial charge in [-0.1, -0.05) is 25.9 Å². The molecule has 8 nitrogen and oxygen atoms in total. The lowest BCUT2D eigenvalue weighted by molar-refractivity contribution is 0.0586. The number of aromatic nitrogens is 5. The van der Waals surface area contributed by atoms with Crippen molar-refractivity contribution in [2.24, 2.45) is 0 Å². The van der Waals surface area contributed by atoms with Gasteiger partial charge in [-0.3, -0.25) is 0 Å². The molecule has 2 aromatic rings. The van der Waals surface area contributed by atoms with Gasteiger partial charge in [0.25, 0.3) is 5.82 Å². The standard InChI is InChI=1S/C11H15N5O3/c1-11(2,3)10-13-7(19-15-10)5-16-6-12-8(14-16)9(17)18-4/h6H,5H2,1-4H3. The van der Waals surface area contributed by atoms with Crippen LogP contribution in [0.25, 0.3) is 0 Å². The Kier molecular flexibility index (Phi) is 3.32. The zero-order valence-corrected chi connectivity index (χ0v) is 11.2. The van der Waals surface area contributed by atoms with E-state index in [1.165, 1.54) is 18.1 Å². The van der Waals surface area contributed by atoms with E-state index in [2.05, 4.69) is 25.0 Å². The van der Waals surface area contributed by atoms with Crippen LogP contribution in [0.4, 0.5) is 0 Å². The van der Waals surface area contributed by atoms with Crippen LogP contribution >= 0.6 is 0 Å². The van der Waals surface area contributed by atoms with Gasteiger partial charge in [0.2, 0.25) is 5.89 Å². The number of rotatable bonds is 3. The highest BCUT2D eigenvalue weighted by molar-refractivity contribution is 5.84. The first-order chi connectivity index (χ1) is 8.90. The maximum Gasteiger partial charge on any atom is 0.377 e. The van der Waals surface area contributed by atoms with Crippen LogP contribution in [0.1, 0.15) is 43.1 Å². The fourth-order valence-corrected chi connectivity index (χ4v) is 1.32. The van der Waals surface area contributed by atoms with Gasteiger partial charge in [-0.05, 0) is 0 Å². The Labute approximate surface area is 109 Å². The molecule has 2 heterocycles. The summed E-state index contributed by atoms with van der Waals surface area (Å²) in [4.78, 5) is 19.3. The van der Waals surface area contributed by atoms with Crippen molar-refractivity contribution in [3.05, 3.63) is 23.9 Å². The van der Waals surface area contributed by atoms with Gasteiger partial charge in [-0.25, -0.2) is 14.5 Å². The molecule has 0 N–H and O–H groups in total. The van der Waals surface area contributed by atoms with E-state index in [4.69, 9.17) is 4.52 Å². The van der Waals surface area contributed by atoms with E-state index in [0.717, 1.165) is 0 Å². The first-order valence-corrected chi connectivity index (χ1v) is 5.71. The number of carbonyl (C=O) groups is 1. The molecule has 0 aromatic carbocycles. The van der Waals surface area contributed by atoms with Gasteiger partial charge < -0.3 is 9.26 Å². The van der Waals surface area contributed by atoms with E-state index >= 15 is 0 Å². The minimum Gasteiger partial charge on any atom is -0.463 e. The van der Waals surface area contributed by atoms with E-state index in [-0.39, 0.29) is 17.8 Å². The Morgan fingerprint density at radius 1 is 1.47 bits per heavy atom. The molecular formula is C11H15N5O3. The zero-order chi connectivity index (χ0) is 14.0. The number of carbonyl (C=O) groups excluding carboxylic acids is 1. The summed E-state index contributed by atoms with van der Waals surface area (Å²) in [6, 6.07) is 0. The summed E-state index contributed by atoms with van der Waals surface area (Å²) in [5, 5.41) is 7.85. The van der Waals surface area contributed by atoms with Crippen molar-refractivity contribution in [2.45, 2.75) is 32.7 Å². The van der Waals surface area contributed by atoms with Crippen molar-refractivity contribution in [3.63, 3.8) is 0 Å². The molecule has 0 atom stereocenters. The second kappa shape index (κ2) is 4.79. The monoisotopic (exact) mass is 265 g/mol. The molecule has 0 spiro atoms. The topological polar surface area (TPSA) is 95.9 Å². The van der Waals surface area contributed by atoms with Crippen LogP contribution in [0.2, 0.25) is 0 Å². The lowest BCUT2D eigenvalue weighted by atomic mass is 9.96. The Balaban J connectivity index is 2.11. The van der Waals surface area contributed by atoms with Crippen LogP contribution in [0.5, 0.6) is 0 Å². The largest absolute Gasteiger partial charge is 0.463 e. The van der Waals surface area contributed by atoms with E-state index < -0.39 is 5.97 Å². The minimum atomic E-state index is -0.584. The number of hydrogen-bond acceptors (Lipinski definition) is 7. The van der Waals surface area contributed by atoms with E-state index in [9.17, 15) is 4.79 Å². The van der Waals surface area contributed by atoms with Crippen molar-refractivity contribution >= 4 is 5.97 Å². The number of esters is 1. The summed E-state index contributed by atoms with van der Waals surface area (Å²) in [6.45, 7) is 6.23. The maximum absolute atomic E-state index is 11.2. The Bertz CT molecular complexity index is 581. The molecule has 0 aliphatic heterocycles. The zero-order valence-electron chi connectivity index (χ0n) is 11.2. The Hall–Kier alpha value is -2.25. The molecule has 0 bridgehead atoms. The fraction of sp³-hybridized carbons (Fsp3) is 0.545. The molecule has 0 radical (unpaired) electrons. The molecule has 0 fully saturated rings. The lowest BCUT2D eigenvalue weighted by Gasteiger charge is -2.10. The van der Waals surface area contributed by atoms with Crippen LogP contribution in [-0.4, -0.2) is 38.0 Å². The molecule has 0 amide bonds. The fourth-order valence-electron chi connectivity index (χ4n) is 1.32. The van der Waals surface area contributed by atoms with Gasteiger partial charge in [0, 0.05) is 5.41 Å². The third-order valence-electron chi connectivity index (χ3n) is 2.34. The van der Waals surface area contributed by atoms with E-state index in [1.807, 2.05) is 20.8 Å². The van der Waals surface area contributed by atoms with Crippen molar-refractivity contribution in [1.82, 2.24) is 24.9 Å². The predicted molar refractivity (Wildman–Crippen MR) is 63.5 cm³/mol. The highest BCUT2D eigenvalue weighted by Gasteiger charge is 2.21. The van der Waals surface area contributed by atoms with Crippen LogP contribution < -0.4 is 0 Å². The van der Waals surface area contributed by atoms with Gasteiger partial charge in [-0.15, -0.1) is 5.10 Å². The molecule has 0 saturated carbocycles. The SMILES string of the molecule is COC(=O)c1ncn(Cc2nc(C(C)(C)C)no2)n1. The average molecular weight is 265 g/mol. The van der Waals surface area contributed by atoms with E-state index in [1.54, 1.807) is 0 Å². The highest BCUT2D eigenvalue weighted by atomic mass is 16.5. The maximum atomic E-state index is 11.2. The number of methoxy groups -OCH3 is 1. The summed E-state index contributed by atoms with van der Waals surface area (Å²) < 4.78 is 11.1. The second-order valence-electron chi connectivity index (χ2n) is 5.02. The lowest BCUT2D eigenvalue weighted by Crippen LogP contribution is -2.13. The molecule has 0 unspecified atom stereocenters. The molecule has 0 aliphatic carbocycles. The van der Waals surface area contributed by atoms with Crippen LogP contribution in [-0.2, 0) is 16.7 Å². The van der Waals surface area contributed by atoms with Crippen LogP contribution in [0, 0.1) is 0 Å². The quantitative estimate of drug-likeness (QED) is 0.757. The third kappa shape index (κ3) is 2.95. The summed E-state index contributed by atoms with van der Waals surface area (Å²) >= 11 is 0. The minimum absolute atomic E-state index is 0.00180. The third-order valence-corrected chi connectivity index (χ3v) is 2.34. The molecule has 102 valence electrons. The first-order valence-electron chi connectivity index (χ1n) is 5.71. The van der Waals surface area contributed by atoms with Gasteiger partial charge in [0.05, 0.1) is 7.11 Å². The Morgan fingerprint density at radius 3 is 2.79 bits per heavy atom. The molecule has 2 aromatic heterocycles. The van der Waals surface area contributed by atoms with Gasteiger partial charge >= 0.3 is 5.97 Å². The van der Waals surface area contributed by atoms with Gasteiger partial charge in [0.1, 0.15) is 12.9 Å². The number of ether oxygens (including phenoxy) is 1. The van der Waals surface area contributed by atoms with Gasteiger partial charge in [0.15, 0.2) is 5.82 Å². The average Bonchev–Trinajstić information content (AvgIpc) is 2.97. The normalized spacial score (nSPS) is 11.6. The smallest absolute Gasteiger partial charge is 0.377 e. The molecule has 2 rings (SSSR count). The second-order valence-corrected chi connectivity index (χ2v) is 5.02. The van der Waals surface area contributed by atoms with Crippen molar-refractivity contribution in [1.29, 1.82) is 0 Å². The van der Waals surface area contributed by atoms with Crippen molar-refractivity contribution < 1.29 is 14.1 Å². The summed E-state index contributed by atoms with van der Waals surface area (Å²) in [6.07, 6.45) is 1.41. The predicted octanol–water partition coefficient (Wildman–Crippen LogP) is 0.793. The van der Waals surface area contributed by atoms with Crippen LogP contribution in [0.15, 0.2) is 10.9 Å². The molecule has 0 aliphatic rings. The summed E-state index contributed by atoms with van der Waals surface area (Å²) in [5.41, 5.74) is -0.179. The van der Waals surface area contributed by atoms with E-state index in [0.29, 0.717) is 11.7 Å². The first kappa shape index (κ1) is 13.2.